The Morgan fingerprint density at radius 3 is 2.77 bits per heavy atom. The topological polar surface area (TPSA) is 76.5 Å². The number of carbonyl (C=O) groups is 2. The van der Waals surface area contributed by atoms with Crippen molar-refractivity contribution < 1.29 is 18.7 Å². The van der Waals surface area contributed by atoms with Gasteiger partial charge in [-0.2, -0.15) is 5.10 Å². The molecule has 1 aromatic heterocycles. The van der Waals surface area contributed by atoms with Crippen molar-refractivity contribution in [2.45, 2.75) is 19.4 Å². The van der Waals surface area contributed by atoms with Crippen LogP contribution in [0.1, 0.15) is 29.7 Å². The van der Waals surface area contributed by atoms with Gasteiger partial charge in [-0.3, -0.25) is 19.7 Å². The second-order valence-electron chi connectivity index (χ2n) is 5.76. The molecule has 0 spiro atoms. The summed E-state index contributed by atoms with van der Waals surface area (Å²) in [6, 6.07) is 4.43. The van der Waals surface area contributed by atoms with Gasteiger partial charge in [0, 0.05) is 18.8 Å². The fourth-order valence-corrected chi connectivity index (χ4v) is 2.86. The van der Waals surface area contributed by atoms with Crippen LogP contribution in [0.25, 0.3) is 0 Å². The highest BCUT2D eigenvalue weighted by atomic mass is 19.1. The van der Waals surface area contributed by atoms with Crippen LogP contribution in [0.4, 0.5) is 4.39 Å². The van der Waals surface area contributed by atoms with E-state index in [1.807, 2.05) is 0 Å². The van der Waals surface area contributed by atoms with Crippen molar-refractivity contribution in [3.05, 3.63) is 47.0 Å². The third-order valence-electron chi connectivity index (χ3n) is 3.98. The highest BCUT2D eigenvalue weighted by Crippen LogP contribution is 2.34. The molecule has 26 heavy (non-hydrogen) atoms. The Morgan fingerprint density at radius 1 is 1.38 bits per heavy atom. The van der Waals surface area contributed by atoms with Crippen LogP contribution in [-0.4, -0.2) is 33.7 Å². The lowest BCUT2D eigenvalue weighted by Crippen LogP contribution is -2.35. The molecule has 1 N–H and O–H groups in total. The molecule has 0 radical (unpaired) electrons. The number of hydrogen-bond donors (Lipinski definition) is 1. The van der Waals surface area contributed by atoms with E-state index in [1.54, 1.807) is 30.9 Å². The molecule has 134 valence electrons. The number of nitrogens with zero attached hydrogens (tertiary/aromatic N) is 3. The molecule has 8 heteroatoms. The van der Waals surface area contributed by atoms with Crippen molar-refractivity contribution >= 4 is 11.8 Å². The molecule has 1 saturated heterocycles. The van der Waals surface area contributed by atoms with Crippen molar-refractivity contribution in [2.75, 3.05) is 7.11 Å². The van der Waals surface area contributed by atoms with Gasteiger partial charge in [0.1, 0.15) is 11.6 Å². The van der Waals surface area contributed by atoms with Gasteiger partial charge in [-0.15, -0.1) is 5.92 Å². The van der Waals surface area contributed by atoms with Gasteiger partial charge in [0.05, 0.1) is 24.9 Å². The molecule has 0 bridgehead atoms. The van der Waals surface area contributed by atoms with Crippen LogP contribution in [0.15, 0.2) is 24.4 Å². The van der Waals surface area contributed by atoms with E-state index < -0.39 is 23.5 Å². The summed E-state index contributed by atoms with van der Waals surface area (Å²) in [6.07, 6.45) is 1.73. The summed E-state index contributed by atoms with van der Waals surface area (Å²) in [4.78, 5) is 25.1. The monoisotopic (exact) mass is 356 g/mol. The molecule has 1 atom stereocenters. The Balaban J connectivity index is 1.94. The lowest BCUT2D eigenvalue weighted by molar-refractivity contribution is -0.131. The average molecular weight is 356 g/mol. The number of ether oxygens (including phenoxy) is 1. The van der Waals surface area contributed by atoms with E-state index in [9.17, 15) is 14.0 Å². The number of hydrazine groups is 1. The highest BCUT2D eigenvalue weighted by Gasteiger charge is 2.43. The largest absolute Gasteiger partial charge is 0.496 e. The third kappa shape index (κ3) is 3.11. The van der Waals surface area contributed by atoms with Gasteiger partial charge in [0.15, 0.2) is 5.92 Å². The van der Waals surface area contributed by atoms with Gasteiger partial charge >= 0.3 is 0 Å². The van der Waals surface area contributed by atoms with Gasteiger partial charge in [0.2, 0.25) is 0 Å². The van der Waals surface area contributed by atoms with Crippen LogP contribution < -0.4 is 10.2 Å². The predicted octanol–water partition coefficient (Wildman–Crippen LogP) is 1.10. The lowest BCUT2D eigenvalue weighted by Gasteiger charge is -2.15. The van der Waals surface area contributed by atoms with Gasteiger partial charge in [-0.25, -0.2) is 9.40 Å². The molecule has 1 aromatic carbocycles. The molecule has 7 nitrogen and oxygen atoms in total. The zero-order chi connectivity index (χ0) is 18.8. The molecule has 1 fully saturated rings. The van der Waals surface area contributed by atoms with Crippen LogP contribution in [0, 0.1) is 17.7 Å². The van der Waals surface area contributed by atoms with Crippen LogP contribution in [0.3, 0.4) is 0 Å². The van der Waals surface area contributed by atoms with E-state index in [2.05, 4.69) is 22.4 Å². The molecule has 1 unspecified atom stereocenters. The van der Waals surface area contributed by atoms with E-state index in [4.69, 9.17) is 4.74 Å². The fraction of sp³-hybridized carbons (Fsp3) is 0.278. The number of amides is 2. The molecular weight excluding hydrogens is 339 g/mol. The predicted molar refractivity (Wildman–Crippen MR) is 90.1 cm³/mol. The molecule has 0 aliphatic carbocycles. The Bertz CT molecular complexity index is 942. The number of aryl methyl sites for hydroxylation is 1. The Labute approximate surface area is 149 Å². The second-order valence-corrected chi connectivity index (χ2v) is 5.76. The quantitative estimate of drug-likeness (QED) is 0.657. The Morgan fingerprint density at radius 2 is 2.15 bits per heavy atom. The molecule has 2 aromatic rings. The number of rotatable bonds is 4. The molecule has 2 amide bonds. The maximum Gasteiger partial charge on any atom is 0.258 e. The van der Waals surface area contributed by atoms with Crippen molar-refractivity contribution in [1.29, 1.82) is 0 Å². The fourth-order valence-electron chi connectivity index (χ4n) is 2.86. The Hall–Kier alpha value is -3.34. The summed E-state index contributed by atoms with van der Waals surface area (Å²) in [5.74, 6) is 2.30. The molecule has 1 aliphatic rings. The van der Waals surface area contributed by atoms with Crippen LogP contribution >= 0.6 is 0 Å². The lowest BCUT2D eigenvalue weighted by atomic mass is 9.95. The number of halogens is 1. The van der Waals surface area contributed by atoms with Gasteiger partial charge in [-0.05, 0) is 25.1 Å². The van der Waals surface area contributed by atoms with Crippen molar-refractivity contribution in [3.8, 4) is 17.6 Å². The first-order valence-corrected chi connectivity index (χ1v) is 7.85. The van der Waals surface area contributed by atoms with Gasteiger partial charge in [-0.1, -0.05) is 5.92 Å². The van der Waals surface area contributed by atoms with Gasteiger partial charge in [0.25, 0.3) is 11.8 Å². The summed E-state index contributed by atoms with van der Waals surface area (Å²) in [5, 5.41) is 5.31. The van der Waals surface area contributed by atoms with Crippen molar-refractivity contribution in [2.24, 2.45) is 7.05 Å². The third-order valence-corrected chi connectivity index (χ3v) is 3.98. The van der Waals surface area contributed by atoms with E-state index in [1.165, 1.54) is 19.2 Å². The number of hydrogen-bond acceptors (Lipinski definition) is 4. The van der Waals surface area contributed by atoms with E-state index >= 15 is 0 Å². The SMILES string of the molecule is CC#Cc1cc(F)c(C2C(=O)NN(Cc3ccn(C)n3)C2=O)c(OC)c1. The van der Waals surface area contributed by atoms with E-state index in [-0.39, 0.29) is 17.9 Å². The minimum absolute atomic E-state index is 0.0885. The zero-order valence-electron chi connectivity index (χ0n) is 14.5. The standard InChI is InChI=1S/C18H17FN4O3/c1-4-5-11-8-13(19)15(14(9-11)26-3)16-17(24)21-23(18(16)25)10-12-6-7-22(2)20-12/h6-9,16H,10H2,1-3H3,(H,21,24). The normalized spacial score (nSPS) is 16.3. The molecule has 2 heterocycles. The minimum Gasteiger partial charge on any atom is -0.496 e. The molecule has 3 rings (SSSR count). The maximum absolute atomic E-state index is 14.7. The van der Waals surface area contributed by atoms with Crippen molar-refractivity contribution in [1.82, 2.24) is 20.2 Å². The first-order valence-electron chi connectivity index (χ1n) is 7.85. The number of nitrogens with one attached hydrogen (secondary N) is 1. The minimum atomic E-state index is -1.32. The van der Waals surface area contributed by atoms with E-state index in [0.29, 0.717) is 11.3 Å². The zero-order valence-corrected chi connectivity index (χ0v) is 14.5. The number of methoxy groups -OCH3 is 1. The number of carbonyl (C=O) groups excluding carboxylic acids is 2. The summed E-state index contributed by atoms with van der Waals surface area (Å²) in [7, 11) is 3.10. The average Bonchev–Trinajstić information content (AvgIpc) is 3.12. The van der Waals surface area contributed by atoms with Gasteiger partial charge < -0.3 is 4.74 Å². The number of benzene rings is 1. The molecule has 1 aliphatic heterocycles. The van der Waals surface area contributed by atoms with Crippen molar-refractivity contribution in [3.63, 3.8) is 0 Å². The molecule has 0 saturated carbocycles. The van der Waals surface area contributed by atoms with Crippen LogP contribution in [-0.2, 0) is 23.2 Å². The smallest absolute Gasteiger partial charge is 0.258 e. The second kappa shape index (κ2) is 6.88. The van der Waals surface area contributed by atoms with Crippen LogP contribution in [0.5, 0.6) is 5.75 Å². The Kier molecular flexibility index (Phi) is 4.63. The first-order chi connectivity index (χ1) is 12.4. The molecular formula is C18H17FN4O3. The van der Waals surface area contributed by atoms with E-state index in [0.717, 1.165) is 5.01 Å². The highest BCUT2D eigenvalue weighted by molar-refractivity contribution is 6.10. The maximum atomic E-state index is 14.7. The number of aromatic nitrogens is 2. The van der Waals surface area contributed by atoms with Crippen LogP contribution in [0.2, 0.25) is 0 Å². The summed E-state index contributed by atoms with van der Waals surface area (Å²) < 4.78 is 21.5. The summed E-state index contributed by atoms with van der Waals surface area (Å²) in [6.45, 7) is 1.72. The summed E-state index contributed by atoms with van der Waals surface area (Å²) >= 11 is 0. The first kappa shape index (κ1) is 17.5. The summed E-state index contributed by atoms with van der Waals surface area (Å²) in [5.41, 5.74) is 3.38.